The summed E-state index contributed by atoms with van der Waals surface area (Å²) in [7, 11) is 0. The zero-order valence-corrected chi connectivity index (χ0v) is 11.1. The van der Waals surface area contributed by atoms with Crippen LogP contribution in [0, 0.1) is 5.41 Å². The summed E-state index contributed by atoms with van der Waals surface area (Å²) < 4.78 is 0. The molecule has 0 bridgehead atoms. The van der Waals surface area contributed by atoms with Gasteiger partial charge in [-0.3, -0.25) is 4.79 Å². The van der Waals surface area contributed by atoms with Crippen LogP contribution in [0.5, 0.6) is 11.5 Å². The Balaban J connectivity index is 0.000000200. The van der Waals surface area contributed by atoms with Gasteiger partial charge >= 0.3 is 0 Å². The third kappa shape index (κ3) is 4.00. The lowest BCUT2D eigenvalue weighted by atomic mass is 10.2. The number of primary amides is 1. The standard InChI is InChI=1S/C7H6ClNO.C7H7NO2/c8-6-3-1-2-5(4-9)7(6)10;8-7(10)5-3-1-2-4-6(5)9/h1-4,9-10H;1-4,9H,(H2,8,10). The number of hydrogen-bond acceptors (Lipinski definition) is 4. The Bertz CT molecular complexity index is 630. The number of amides is 1. The second kappa shape index (κ2) is 7.16. The molecule has 0 atom stereocenters. The van der Waals surface area contributed by atoms with Gasteiger partial charge in [-0.05, 0) is 24.3 Å². The summed E-state index contributed by atoms with van der Waals surface area (Å²) in [6.45, 7) is 0. The second-order valence-electron chi connectivity index (χ2n) is 3.70. The largest absolute Gasteiger partial charge is 0.507 e. The molecule has 0 saturated carbocycles. The van der Waals surface area contributed by atoms with Gasteiger partial charge in [-0.15, -0.1) is 0 Å². The lowest BCUT2D eigenvalue weighted by Gasteiger charge is -1.97. The van der Waals surface area contributed by atoms with Crippen molar-refractivity contribution < 1.29 is 15.0 Å². The van der Waals surface area contributed by atoms with Gasteiger partial charge in [-0.2, -0.15) is 0 Å². The average Bonchev–Trinajstić information content (AvgIpc) is 2.43. The maximum Gasteiger partial charge on any atom is 0.252 e. The number of para-hydroxylation sites is 2. The Hall–Kier alpha value is -2.53. The van der Waals surface area contributed by atoms with Crippen molar-refractivity contribution in [2.75, 3.05) is 0 Å². The third-order valence-corrected chi connectivity index (χ3v) is 2.65. The molecule has 0 radical (unpaired) electrons. The monoisotopic (exact) mass is 292 g/mol. The van der Waals surface area contributed by atoms with Crippen LogP contribution in [0.15, 0.2) is 42.5 Å². The van der Waals surface area contributed by atoms with E-state index in [0.717, 1.165) is 6.21 Å². The van der Waals surface area contributed by atoms with Crippen LogP contribution in [0.1, 0.15) is 15.9 Å². The number of rotatable bonds is 2. The third-order valence-electron chi connectivity index (χ3n) is 2.34. The molecular formula is C14H13ClN2O3. The molecule has 1 amide bonds. The number of nitrogens with two attached hydrogens (primary N) is 1. The molecule has 0 heterocycles. The Labute approximate surface area is 120 Å². The highest BCUT2D eigenvalue weighted by atomic mass is 35.5. The number of carbonyl (C=O) groups is 1. The van der Waals surface area contributed by atoms with E-state index >= 15 is 0 Å². The van der Waals surface area contributed by atoms with E-state index in [1.807, 2.05) is 0 Å². The summed E-state index contributed by atoms with van der Waals surface area (Å²) in [6.07, 6.45) is 1.06. The number of phenols is 2. The zero-order chi connectivity index (χ0) is 15.1. The quantitative estimate of drug-likeness (QED) is 0.639. The summed E-state index contributed by atoms with van der Waals surface area (Å²) in [5.41, 5.74) is 5.51. The van der Waals surface area contributed by atoms with E-state index in [1.54, 1.807) is 30.3 Å². The molecule has 2 rings (SSSR count). The van der Waals surface area contributed by atoms with E-state index in [-0.39, 0.29) is 22.1 Å². The highest BCUT2D eigenvalue weighted by molar-refractivity contribution is 6.32. The van der Waals surface area contributed by atoms with Crippen molar-refractivity contribution in [2.45, 2.75) is 0 Å². The first-order valence-corrected chi connectivity index (χ1v) is 5.91. The first-order chi connectivity index (χ1) is 9.47. The molecule has 0 fully saturated rings. The van der Waals surface area contributed by atoms with Gasteiger partial charge in [0.1, 0.15) is 11.5 Å². The van der Waals surface area contributed by atoms with Gasteiger partial charge in [-0.1, -0.05) is 29.8 Å². The number of phenolic OH excluding ortho intramolecular Hbond substituents is 1. The number of hydrogen-bond donors (Lipinski definition) is 4. The molecule has 0 unspecified atom stereocenters. The van der Waals surface area contributed by atoms with Crippen LogP contribution in [-0.2, 0) is 0 Å². The normalized spacial score (nSPS) is 9.25. The predicted molar refractivity (Wildman–Crippen MR) is 77.6 cm³/mol. The van der Waals surface area contributed by atoms with Crippen LogP contribution in [0.4, 0.5) is 0 Å². The van der Waals surface area contributed by atoms with Crippen molar-refractivity contribution in [3.05, 3.63) is 58.6 Å². The highest BCUT2D eigenvalue weighted by Gasteiger charge is 2.03. The summed E-state index contributed by atoms with van der Waals surface area (Å²) in [5.74, 6) is -0.715. The Morgan fingerprint density at radius 3 is 2.25 bits per heavy atom. The number of benzene rings is 2. The molecule has 0 saturated heterocycles. The minimum absolute atomic E-state index is 0.0285. The number of nitrogens with one attached hydrogen (secondary N) is 1. The number of halogens is 1. The Morgan fingerprint density at radius 2 is 1.80 bits per heavy atom. The summed E-state index contributed by atoms with van der Waals surface area (Å²) >= 11 is 5.54. The van der Waals surface area contributed by atoms with E-state index in [2.05, 4.69) is 0 Å². The van der Waals surface area contributed by atoms with Crippen LogP contribution < -0.4 is 5.73 Å². The van der Waals surface area contributed by atoms with Gasteiger partial charge in [0.15, 0.2) is 0 Å². The van der Waals surface area contributed by atoms with Crippen molar-refractivity contribution in [3.8, 4) is 11.5 Å². The molecular weight excluding hydrogens is 280 g/mol. The maximum atomic E-state index is 10.5. The van der Waals surface area contributed by atoms with E-state index in [0.29, 0.717) is 5.56 Å². The van der Waals surface area contributed by atoms with Crippen LogP contribution >= 0.6 is 11.6 Å². The van der Waals surface area contributed by atoms with Gasteiger partial charge in [0.25, 0.3) is 5.91 Å². The molecule has 5 N–H and O–H groups in total. The van der Waals surface area contributed by atoms with Gasteiger partial charge in [0.05, 0.1) is 10.6 Å². The first-order valence-electron chi connectivity index (χ1n) is 5.53. The fourth-order valence-electron chi connectivity index (χ4n) is 1.33. The Kier molecular flexibility index (Phi) is 5.56. The average molecular weight is 293 g/mol. The number of carbonyl (C=O) groups excluding carboxylic acids is 1. The van der Waals surface area contributed by atoms with Gasteiger partial charge in [0, 0.05) is 11.8 Å². The molecule has 5 nitrogen and oxygen atoms in total. The maximum absolute atomic E-state index is 10.5. The van der Waals surface area contributed by atoms with Crippen LogP contribution in [0.3, 0.4) is 0 Å². The van der Waals surface area contributed by atoms with Crippen molar-refractivity contribution in [1.82, 2.24) is 0 Å². The minimum atomic E-state index is -0.613. The van der Waals surface area contributed by atoms with Crippen molar-refractivity contribution in [3.63, 3.8) is 0 Å². The molecule has 2 aromatic rings. The topological polar surface area (TPSA) is 107 Å². The zero-order valence-electron chi connectivity index (χ0n) is 10.4. The lowest BCUT2D eigenvalue weighted by Crippen LogP contribution is -2.10. The summed E-state index contributed by atoms with van der Waals surface area (Å²) in [6, 6.07) is 11.0. The van der Waals surface area contributed by atoms with E-state index in [9.17, 15) is 4.79 Å². The SMILES string of the molecule is N=Cc1cccc(Cl)c1O.NC(=O)c1ccccc1O. The van der Waals surface area contributed by atoms with E-state index in [4.69, 9.17) is 33.0 Å². The summed E-state index contributed by atoms with van der Waals surface area (Å²) in [4.78, 5) is 10.5. The molecule has 104 valence electrons. The second-order valence-corrected chi connectivity index (χ2v) is 4.11. The fourth-order valence-corrected chi connectivity index (χ4v) is 1.51. The van der Waals surface area contributed by atoms with Crippen LogP contribution in [0.2, 0.25) is 5.02 Å². The predicted octanol–water partition coefficient (Wildman–Crippen LogP) is 2.53. The molecule has 0 spiro atoms. The van der Waals surface area contributed by atoms with Gasteiger partial charge < -0.3 is 21.4 Å². The van der Waals surface area contributed by atoms with Gasteiger partial charge in [-0.25, -0.2) is 0 Å². The molecule has 2 aromatic carbocycles. The lowest BCUT2D eigenvalue weighted by molar-refractivity contribution is 0.0998. The van der Waals surface area contributed by atoms with Gasteiger partial charge in [0.2, 0.25) is 0 Å². The van der Waals surface area contributed by atoms with Crippen molar-refractivity contribution in [2.24, 2.45) is 5.73 Å². The first kappa shape index (κ1) is 15.5. The molecule has 20 heavy (non-hydrogen) atoms. The van der Waals surface area contributed by atoms with E-state index < -0.39 is 5.91 Å². The highest BCUT2D eigenvalue weighted by Crippen LogP contribution is 2.25. The minimum Gasteiger partial charge on any atom is -0.507 e. The molecule has 0 aliphatic carbocycles. The molecule has 0 aliphatic heterocycles. The smallest absolute Gasteiger partial charge is 0.252 e. The van der Waals surface area contributed by atoms with Crippen molar-refractivity contribution >= 4 is 23.7 Å². The summed E-state index contributed by atoms with van der Waals surface area (Å²) in [5, 5.41) is 25.2. The van der Waals surface area contributed by atoms with Crippen molar-refractivity contribution in [1.29, 1.82) is 5.41 Å². The molecule has 0 aromatic heterocycles. The van der Waals surface area contributed by atoms with Crippen LogP contribution in [-0.4, -0.2) is 22.3 Å². The molecule has 0 aliphatic rings. The fraction of sp³-hybridized carbons (Fsp3) is 0. The Morgan fingerprint density at radius 1 is 1.15 bits per heavy atom. The van der Waals surface area contributed by atoms with Crippen LogP contribution in [0.25, 0.3) is 0 Å². The van der Waals surface area contributed by atoms with E-state index in [1.165, 1.54) is 12.1 Å². The number of aromatic hydroxyl groups is 2. The molecule has 6 heteroatoms.